The molecule has 1 nitrogen and oxygen atoms in total. The monoisotopic (exact) mass is 698 g/mol. The van der Waals surface area contributed by atoms with Crippen molar-refractivity contribution < 1.29 is 51.0 Å². The second-order valence-corrected chi connectivity index (χ2v) is 17.4. The molecule has 1 saturated carbocycles. The molecule has 9 rings (SSSR count). The molecule has 219 valence electrons. The minimum Gasteiger partial charge on any atom is -1.00 e. The first-order chi connectivity index (χ1) is 19.4. The Hall–Kier alpha value is -2.03. The van der Waals surface area contributed by atoms with E-state index in [1.165, 1.54) is 76.4 Å². The van der Waals surface area contributed by atoms with Crippen LogP contribution in [0.25, 0.3) is 32.8 Å². The summed E-state index contributed by atoms with van der Waals surface area (Å²) < 4.78 is 2.29. The third kappa shape index (κ3) is 6.00. The zero-order chi connectivity index (χ0) is 27.4. The molecule has 1 aromatic heterocycles. The molecular weight excluding hydrogens is 661 g/mol. The Balaban J connectivity index is 0.000000187. The van der Waals surface area contributed by atoms with E-state index in [0.717, 1.165) is 11.5 Å². The molecule has 1 atom stereocenters. The van der Waals surface area contributed by atoms with Crippen molar-refractivity contribution in [3.63, 3.8) is 0 Å². The molecule has 43 heavy (non-hydrogen) atoms. The number of aryl methyl sites for hydroxylation is 1. The maximum Gasteiger partial charge on any atom is 3.00 e. The van der Waals surface area contributed by atoms with Crippen LogP contribution in [-0.2, 0) is 26.2 Å². The molecule has 3 heterocycles. The smallest absolute Gasteiger partial charge is 1.00 e. The second-order valence-electron chi connectivity index (χ2n) is 12.9. The molecule has 1 radical (unpaired) electrons. The number of para-hydroxylation sites is 1. The van der Waals surface area contributed by atoms with Crippen molar-refractivity contribution in [3.05, 3.63) is 125 Å². The van der Waals surface area contributed by atoms with Crippen LogP contribution in [0, 0.1) is 6.92 Å². The van der Waals surface area contributed by atoms with Crippen LogP contribution >= 0.6 is 0 Å². The van der Waals surface area contributed by atoms with Gasteiger partial charge >= 0.3 is 26.2 Å². The SMILES string of the molecule is CC1=C2c3cn(-c4ccccc4)cc3C1[Si]2(C)C.Cc1cc2c(-c3ccc(C4CCCCC4)cc3)cccc2[cH-]1.[Cl-].[Cl-].[Zr+3]. The van der Waals surface area contributed by atoms with Gasteiger partial charge in [0.25, 0.3) is 0 Å². The molecule has 5 aromatic rings. The average molecular weight is 701 g/mol. The third-order valence-corrected chi connectivity index (χ3v) is 14.0. The van der Waals surface area contributed by atoms with Gasteiger partial charge in [-0.25, -0.2) is 0 Å². The van der Waals surface area contributed by atoms with Crippen molar-refractivity contribution in [2.24, 2.45) is 0 Å². The van der Waals surface area contributed by atoms with E-state index in [1.807, 2.05) is 0 Å². The van der Waals surface area contributed by atoms with Crippen LogP contribution in [0.3, 0.4) is 0 Å². The largest absolute Gasteiger partial charge is 3.00 e. The van der Waals surface area contributed by atoms with Crippen LogP contribution in [0.1, 0.15) is 72.7 Å². The number of allylic oxidation sites excluding steroid dienone is 1. The summed E-state index contributed by atoms with van der Waals surface area (Å²) in [6.45, 7) is 9.51. The molecule has 0 N–H and O–H groups in total. The van der Waals surface area contributed by atoms with Crippen LogP contribution in [0.2, 0.25) is 13.1 Å². The van der Waals surface area contributed by atoms with Crippen LogP contribution in [-0.4, -0.2) is 12.6 Å². The van der Waals surface area contributed by atoms with Gasteiger partial charge in [-0.2, -0.15) is 6.07 Å². The number of benzene rings is 3. The van der Waals surface area contributed by atoms with E-state index >= 15 is 0 Å². The number of halogens is 2. The van der Waals surface area contributed by atoms with Gasteiger partial charge in [0, 0.05) is 23.6 Å². The van der Waals surface area contributed by atoms with E-state index in [4.69, 9.17) is 0 Å². The van der Waals surface area contributed by atoms with Gasteiger partial charge in [-0.3, -0.25) is 0 Å². The number of fused-ring (bicyclic) bond motifs is 1. The summed E-state index contributed by atoms with van der Waals surface area (Å²) in [6, 6.07) is 31.2. The number of nitrogens with zero attached hydrogens (tertiary/aromatic N) is 1. The molecule has 1 unspecified atom stereocenters. The number of hydrogen-bond acceptors (Lipinski definition) is 0. The summed E-state index contributed by atoms with van der Waals surface area (Å²) >= 11 is 0. The average Bonchev–Trinajstić information content (AvgIpc) is 3.69. The van der Waals surface area contributed by atoms with E-state index in [2.05, 4.69) is 129 Å². The van der Waals surface area contributed by atoms with E-state index in [9.17, 15) is 0 Å². The van der Waals surface area contributed by atoms with Crippen molar-refractivity contribution >= 4 is 24.0 Å². The Morgan fingerprint density at radius 1 is 0.767 bits per heavy atom. The van der Waals surface area contributed by atoms with Gasteiger partial charge in [0.05, 0.1) is 8.07 Å². The summed E-state index contributed by atoms with van der Waals surface area (Å²) in [5, 5.41) is 4.45. The van der Waals surface area contributed by atoms with Gasteiger partial charge in [-0.1, -0.05) is 104 Å². The van der Waals surface area contributed by atoms with Gasteiger partial charge < -0.3 is 29.4 Å². The molecular formula is C38H40Cl2NSiZr. The predicted molar refractivity (Wildman–Crippen MR) is 174 cm³/mol. The fraction of sp³-hybridized carbons (Fsp3) is 0.289. The first kappa shape index (κ1) is 33.9. The van der Waals surface area contributed by atoms with Crippen LogP contribution in [0.15, 0.2) is 103 Å². The van der Waals surface area contributed by atoms with Crippen molar-refractivity contribution in [2.75, 3.05) is 0 Å². The Labute approximate surface area is 290 Å². The number of rotatable bonds is 3. The summed E-state index contributed by atoms with van der Waals surface area (Å²) in [5.74, 6) is 0.791. The first-order valence-electron chi connectivity index (χ1n) is 15.2. The van der Waals surface area contributed by atoms with E-state index in [1.54, 1.807) is 16.3 Å². The van der Waals surface area contributed by atoms with E-state index in [0.29, 0.717) is 0 Å². The standard InChI is InChI=1S/C22H23.C16H17NSi.2ClH.Zr/c1-16-14-20-8-5-9-21(22(20)15-16)19-12-10-18(11-13-19)17-6-3-2-4-7-17;1-11-15-13-9-17(12-7-5-4-6-8-12)10-14(13)16(11)18(15,2)3;;;/h5,8-15,17H,2-4,6-7H2,1H3;4-10,15H,1-3H3;2*1H;/q-1;;;;+3/p-2. The maximum atomic E-state index is 2.51. The second kappa shape index (κ2) is 13.5. The van der Waals surface area contributed by atoms with Crippen LogP contribution in [0.4, 0.5) is 0 Å². The molecule has 5 heteroatoms. The normalized spacial score (nSPS) is 17.9. The molecule has 2 bridgehead atoms. The molecule has 4 aliphatic rings. The number of hydrogen-bond donors (Lipinski definition) is 0. The van der Waals surface area contributed by atoms with Crippen molar-refractivity contribution in [2.45, 2.75) is 70.5 Å². The molecule has 0 spiro atoms. The Bertz CT molecular complexity index is 1720. The molecule has 2 aliphatic carbocycles. The van der Waals surface area contributed by atoms with Gasteiger partial charge in [0.1, 0.15) is 0 Å². The van der Waals surface area contributed by atoms with Crippen molar-refractivity contribution in [1.82, 2.24) is 4.57 Å². The zero-order valence-corrected chi connectivity index (χ0v) is 30.6. The molecule has 4 aromatic carbocycles. The minimum absolute atomic E-state index is 0. The van der Waals surface area contributed by atoms with Gasteiger partial charge in [0.2, 0.25) is 0 Å². The maximum absolute atomic E-state index is 2.51. The Kier molecular flexibility index (Phi) is 10.7. The van der Waals surface area contributed by atoms with E-state index < -0.39 is 8.07 Å². The van der Waals surface area contributed by atoms with Gasteiger partial charge in [-0.15, -0.1) is 34.5 Å². The third-order valence-electron chi connectivity index (χ3n) is 9.88. The van der Waals surface area contributed by atoms with E-state index in [-0.39, 0.29) is 51.0 Å². The Morgan fingerprint density at radius 2 is 1.47 bits per heavy atom. The topological polar surface area (TPSA) is 4.93 Å². The van der Waals surface area contributed by atoms with Crippen molar-refractivity contribution in [1.29, 1.82) is 0 Å². The quantitative estimate of drug-likeness (QED) is 0.190. The van der Waals surface area contributed by atoms with Gasteiger partial charge in [0.15, 0.2) is 0 Å². The van der Waals surface area contributed by atoms with Gasteiger partial charge in [-0.05, 0) is 60.1 Å². The summed E-state index contributed by atoms with van der Waals surface area (Å²) in [5.41, 5.74) is 12.4. The Morgan fingerprint density at radius 3 is 2.12 bits per heavy atom. The summed E-state index contributed by atoms with van der Waals surface area (Å²) in [4.78, 5) is 0. The summed E-state index contributed by atoms with van der Waals surface area (Å²) in [6.07, 6.45) is 11.7. The molecule has 0 saturated heterocycles. The molecule has 2 aliphatic heterocycles. The van der Waals surface area contributed by atoms with Crippen molar-refractivity contribution in [3.8, 4) is 16.8 Å². The minimum atomic E-state index is -1.12. The summed E-state index contributed by atoms with van der Waals surface area (Å²) in [7, 11) is -1.12. The predicted octanol–water partition coefficient (Wildman–Crippen LogP) is 4.74. The number of aromatic nitrogens is 1. The first-order valence-corrected chi connectivity index (χ1v) is 18.2. The van der Waals surface area contributed by atoms with Crippen LogP contribution < -0.4 is 24.8 Å². The molecule has 1 fully saturated rings. The fourth-order valence-corrected chi connectivity index (χ4v) is 12.5. The fourth-order valence-electron chi connectivity index (χ4n) is 8.11. The van der Waals surface area contributed by atoms with Crippen LogP contribution in [0.5, 0.6) is 0 Å². The zero-order valence-electron chi connectivity index (χ0n) is 25.6. The molecule has 0 amide bonds.